The minimum absolute atomic E-state index is 0.0441. The van der Waals surface area contributed by atoms with Crippen molar-refractivity contribution in [3.8, 4) is 0 Å². The van der Waals surface area contributed by atoms with E-state index in [2.05, 4.69) is 11.1 Å². The van der Waals surface area contributed by atoms with Crippen LogP contribution in [0.4, 0.5) is 0 Å². The Morgan fingerprint density at radius 1 is 1.44 bits per heavy atom. The summed E-state index contributed by atoms with van der Waals surface area (Å²) in [6.07, 6.45) is 7.85. The molecule has 0 saturated carbocycles. The van der Waals surface area contributed by atoms with Gasteiger partial charge in [-0.25, -0.2) is 0 Å². The molecule has 2 aliphatic rings. The van der Waals surface area contributed by atoms with Gasteiger partial charge in [-0.3, -0.25) is 9.78 Å². The van der Waals surface area contributed by atoms with E-state index in [0.717, 1.165) is 44.4 Å². The molecule has 18 heavy (non-hydrogen) atoms. The van der Waals surface area contributed by atoms with Crippen LogP contribution in [-0.4, -0.2) is 23.5 Å². The molecule has 0 bridgehead atoms. The van der Waals surface area contributed by atoms with Crippen LogP contribution in [-0.2, 0) is 16.0 Å². The number of ketones is 1. The third-order valence-electron chi connectivity index (χ3n) is 4.08. The van der Waals surface area contributed by atoms with Crippen LogP contribution in [0.3, 0.4) is 0 Å². The van der Waals surface area contributed by atoms with Crippen molar-refractivity contribution in [3.63, 3.8) is 0 Å². The van der Waals surface area contributed by atoms with Crippen molar-refractivity contribution in [1.82, 2.24) is 4.98 Å². The monoisotopic (exact) mass is 245 g/mol. The van der Waals surface area contributed by atoms with E-state index < -0.39 is 0 Å². The van der Waals surface area contributed by atoms with Crippen molar-refractivity contribution in [2.24, 2.45) is 0 Å². The molecule has 0 amide bonds. The Morgan fingerprint density at radius 2 is 2.39 bits per heavy atom. The highest BCUT2D eigenvalue weighted by atomic mass is 16.5. The lowest BCUT2D eigenvalue weighted by atomic mass is 9.96. The summed E-state index contributed by atoms with van der Waals surface area (Å²) in [5.74, 6) is 0.394. The second-order valence-corrected chi connectivity index (χ2v) is 5.28. The maximum absolute atomic E-state index is 12.3. The largest absolute Gasteiger partial charge is 0.378 e. The maximum atomic E-state index is 12.3. The van der Waals surface area contributed by atoms with E-state index in [1.54, 1.807) is 6.20 Å². The number of carbonyl (C=O) groups is 1. The number of carbonyl (C=O) groups excluding carboxylic acids is 1. The number of rotatable bonds is 4. The lowest BCUT2D eigenvalue weighted by molar-refractivity contribution is -0.121. The van der Waals surface area contributed by atoms with Crippen LogP contribution >= 0.6 is 0 Å². The van der Waals surface area contributed by atoms with Crippen molar-refractivity contribution in [2.45, 2.75) is 50.5 Å². The van der Waals surface area contributed by atoms with Gasteiger partial charge in [-0.2, -0.15) is 0 Å². The predicted molar refractivity (Wildman–Crippen MR) is 68.5 cm³/mol. The van der Waals surface area contributed by atoms with E-state index in [4.69, 9.17) is 4.74 Å². The van der Waals surface area contributed by atoms with Gasteiger partial charge in [0, 0.05) is 19.2 Å². The SMILES string of the molecule is O=C(CCC1CCCO1)C1CCc2cccnc21. The average molecular weight is 245 g/mol. The number of aryl methyl sites for hydroxylation is 1. The van der Waals surface area contributed by atoms with Crippen LogP contribution in [0.2, 0.25) is 0 Å². The molecule has 1 aliphatic heterocycles. The van der Waals surface area contributed by atoms with Crippen LogP contribution in [0.5, 0.6) is 0 Å². The fourth-order valence-electron chi connectivity index (χ4n) is 3.08. The van der Waals surface area contributed by atoms with Gasteiger partial charge < -0.3 is 4.74 Å². The third kappa shape index (κ3) is 2.32. The molecule has 3 nitrogen and oxygen atoms in total. The molecular formula is C15H19NO2. The Morgan fingerprint density at radius 3 is 3.22 bits per heavy atom. The summed E-state index contributed by atoms with van der Waals surface area (Å²) in [6, 6.07) is 4.05. The van der Waals surface area contributed by atoms with E-state index >= 15 is 0 Å². The van der Waals surface area contributed by atoms with Gasteiger partial charge in [0.1, 0.15) is 5.78 Å². The topological polar surface area (TPSA) is 39.2 Å². The maximum Gasteiger partial charge on any atom is 0.142 e. The molecule has 0 spiro atoms. The summed E-state index contributed by atoms with van der Waals surface area (Å²) >= 11 is 0. The molecule has 1 aliphatic carbocycles. The van der Waals surface area contributed by atoms with Crippen LogP contribution in [0.25, 0.3) is 0 Å². The Balaban J connectivity index is 1.60. The van der Waals surface area contributed by atoms with E-state index in [1.807, 2.05) is 6.07 Å². The van der Waals surface area contributed by atoms with E-state index in [1.165, 1.54) is 5.56 Å². The molecule has 1 aromatic heterocycles. The van der Waals surface area contributed by atoms with Crippen molar-refractivity contribution in [3.05, 3.63) is 29.6 Å². The van der Waals surface area contributed by atoms with Crippen molar-refractivity contribution in [1.29, 1.82) is 0 Å². The molecule has 2 atom stereocenters. The summed E-state index contributed by atoms with van der Waals surface area (Å²) in [6.45, 7) is 0.868. The van der Waals surface area contributed by atoms with Crippen molar-refractivity contribution >= 4 is 5.78 Å². The average Bonchev–Trinajstić information content (AvgIpc) is 3.05. The van der Waals surface area contributed by atoms with Gasteiger partial charge in [-0.1, -0.05) is 6.07 Å². The first kappa shape index (κ1) is 11.8. The summed E-state index contributed by atoms with van der Waals surface area (Å²) in [4.78, 5) is 16.7. The first-order chi connectivity index (χ1) is 8.84. The second-order valence-electron chi connectivity index (χ2n) is 5.28. The highest BCUT2D eigenvalue weighted by molar-refractivity contribution is 5.86. The number of Topliss-reactive ketones (excluding diaryl/α,β-unsaturated/α-hetero) is 1. The Kier molecular flexibility index (Phi) is 3.41. The predicted octanol–water partition coefficient (Wildman–Crippen LogP) is 2.64. The minimum atomic E-state index is 0.0441. The van der Waals surface area contributed by atoms with Crippen LogP contribution in [0.1, 0.15) is 49.3 Å². The zero-order chi connectivity index (χ0) is 12.4. The van der Waals surface area contributed by atoms with Gasteiger partial charge >= 0.3 is 0 Å². The zero-order valence-electron chi connectivity index (χ0n) is 10.6. The Hall–Kier alpha value is -1.22. The molecule has 3 heteroatoms. The number of pyridine rings is 1. The molecular weight excluding hydrogens is 226 g/mol. The fourth-order valence-corrected chi connectivity index (χ4v) is 3.08. The van der Waals surface area contributed by atoms with Crippen LogP contribution < -0.4 is 0 Å². The number of fused-ring (bicyclic) bond motifs is 1. The molecule has 2 heterocycles. The lowest BCUT2D eigenvalue weighted by Gasteiger charge is -2.12. The van der Waals surface area contributed by atoms with Gasteiger partial charge in [0.25, 0.3) is 0 Å². The lowest BCUT2D eigenvalue weighted by Crippen LogP contribution is -2.14. The van der Waals surface area contributed by atoms with Gasteiger partial charge in [-0.15, -0.1) is 0 Å². The van der Waals surface area contributed by atoms with Crippen molar-refractivity contribution in [2.75, 3.05) is 6.61 Å². The highest BCUT2D eigenvalue weighted by Gasteiger charge is 2.29. The normalized spacial score (nSPS) is 26.2. The van der Waals surface area contributed by atoms with Crippen LogP contribution in [0, 0.1) is 0 Å². The zero-order valence-corrected chi connectivity index (χ0v) is 10.6. The number of hydrogen-bond donors (Lipinski definition) is 0. The second kappa shape index (κ2) is 5.19. The number of aromatic nitrogens is 1. The molecule has 1 saturated heterocycles. The summed E-state index contributed by atoms with van der Waals surface area (Å²) in [5.41, 5.74) is 2.28. The molecule has 1 aromatic rings. The Bertz CT molecular complexity index is 438. The van der Waals surface area contributed by atoms with Gasteiger partial charge in [0.15, 0.2) is 0 Å². The quantitative estimate of drug-likeness (QED) is 0.818. The number of ether oxygens (including phenoxy) is 1. The first-order valence-corrected chi connectivity index (χ1v) is 6.92. The number of hydrogen-bond acceptors (Lipinski definition) is 3. The first-order valence-electron chi connectivity index (χ1n) is 6.92. The summed E-state index contributed by atoms with van der Waals surface area (Å²) in [5, 5.41) is 0. The fraction of sp³-hybridized carbons (Fsp3) is 0.600. The molecule has 3 rings (SSSR count). The third-order valence-corrected chi connectivity index (χ3v) is 4.08. The van der Waals surface area contributed by atoms with Crippen molar-refractivity contribution < 1.29 is 9.53 Å². The molecule has 0 aromatic carbocycles. The molecule has 96 valence electrons. The van der Waals surface area contributed by atoms with Gasteiger partial charge in [-0.05, 0) is 43.7 Å². The minimum Gasteiger partial charge on any atom is -0.378 e. The van der Waals surface area contributed by atoms with Crippen LogP contribution in [0.15, 0.2) is 18.3 Å². The van der Waals surface area contributed by atoms with E-state index in [-0.39, 0.29) is 5.92 Å². The van der Waals surface area contributed by atoms with Gasteiger partial charge in [0.05, 0.1) is 17.7 Å². The smallest absolute Gasteiger partial charge is 0.142 e. The van der Waals surface area contributed by atoms with E-state index in [9.17, 15) is 4.79 Å². The summed E-state index contributed by atoms with van der Waals surface area (Å²) < 4.78 is 5.57. The summed E-state index contributed by atoms with van der Waals surface area (Å²) in [7, 11) is 0. The molecule has 0 radical (unpaired) electrons. The highest BCUT2D eigenvalue weighted by Crippen LogP contribution is 2.33. The molecule has 0 N–H and O–H groups in total. The van der Waals surface area contributed by atoms with E-state index in [0.29, 0.717) is 18.3 Å². The Labute approximate surface area is 108 Å². The molecule has 1 fully saturated rings. The number of nitrogens with zero attached hydrogens (tertiary/aromatic N) is 1. The van der Waals surface area contributed by atoms with Gasteiger partial charge in [0.2, 0.25) is 0 Å². The standard InChI is InChI=1S/C15H19NO2/c17-14(8-6-12-4-2-10-18-12)13-7-5-11-3-1-9-16-15(11)13/h1,3,9,12-13H,2,4-8,10H2. The molecule has 2 unspecified atom stereocenters.